The van der Waals surface area contributed by atoms with Gasteiger partial charge in [-0.15, -0.1) is 24.0 Å². The zero-order valence-corrected chi connectivity index (χ0v) is 17.6. The molecular formula is C18H30IN5O. The molecule has 0 aromatic carbocycles. The number of nitrogens with zero attached hydrogens (tertiary/aromatic N) is 4. The Bertz CT molecular complexity index is 562. The third-order valence-corrected chi connectivity index (χ3v) is 4.86. The number of rotatable bonds is 4. The van der Waals surface area contributed by atoms with Gasteiger partial charge < -0.3 is 15.0 Å². The molecule has 1 N–H and O–H groups in total. The van der Waals surface area contributed by atoms with Crippen LogP contribution < -0.4 is 5.32 Å². The summed E-state index contributed by atoms with van der Waals surface area (Å²) in [6.07, 6.45) is 3.04. The predicted octanol–water partition coefficient (Wildman–Crippen LogP) is 1.88. The third kappa shape index (κ3) is 5.52. The summed E-state index contributed by atoms with van der Waals surface area (Å²) in [6.45, 7) is 11.7. The van der Waals surface area contributed by atoms with Gasteiger partial charge in [0.2, 0.25) is 0 Å². The Morgan fingerprint density at radius 1 is 1.36 bits per heavy atom. The molecule has 3 rings (SSSR count). The summed E-state index contributed by atoms with van der Waals surface area (Å²) in [5.41, 5.74) is 2.25. The zero-order chi connectivity index (χ0) is 16.8. The van der Waals surface area contributed by atoms with E-state index in [-0.39, 0.29) is 24.0 Å². The van der Waals surface area contributed by atoms with Crippen molar-refractivity contribution in [1.82, 2.24) is 20.1 Å². The second-order valence-electron chi connectivity index (χ2n) is 6.47. The molecule has 1 unspecified atom stereocenters. The van der Waals surface area contributed by atoms with Gasteiger partial charge in [0.25, 0.3) is 0 Å². The van der Waals surface area contributed by atoms with Gasteiger partial charge in [-0.2, -0.15) is 0 Å². The van der Waals surface area contributed by atoms with Crippen LogP contribution in [-0.4, -0.2) is 72.7 Å². The average molecular weight is 459 g/mol. The number of nitrogens with one attached hydrogen (secondary N) is 1. The van der Waals surface area contributed by atoms with E-state index in [1.54, 1.807) is 0 Å². The van der Waals surface area contributed by atoms with Gasteiger partial charge in [-0.05, 0) is 31.9 Å². The number of hydrogen-bond donors (Lipinski definition) is 1. The number of aliphatic imine (C=N–C) groups is 1. The Morgan fingerprint density at radius 3 is 2.88 bits per heavy atom. The lowest BCUT2D eigenvalue weighted by Crippen LogP contribution is -2.46. The predicted molar refractivity (Wildman–Crippen MR) is 112 cm³/mol. The van der Waals surface area contributed by atoms with E-state index in [1.807, 2.05) is 12.3 Å². The molecule has 3 heterocycles. The van der Waals surface area contributed by atoms with Gasteiger partial charge in [0, 0.05) is 45.0 Å². The van der Waals surface area contributed by atoms with Gasteiger partial charge in [0.1, 0.15) is 0 Å². The second-order valence-corrected chi connectivity index (χ2v) is 6.47. The van der Waals surface area contributed by atoms with E-state index >= 15 is 0 Å². The van der Waals surface area contributed by atoms with Crippen molar-refractivity contribution in [1.29, 1.82) is 0 Å². The van der Waals surface area contributed by atoms with Crippen LogP contribution in [0.4, 0.5) is 0 Å². The van der Waals surface area contributed by atoms with Crippen molar-refractivity contribution >= 4 is 29.9 Å². The maximum Gasteiger partial charge on any atom is 0.194 e. The lowest BCUT2D eigenvalue weighted by atomic mass is 10.2. The van der Waals surface area contributed by atoms with Gasteiger partial charge >= 0.3 is 0 Å². The van der Waals surface area contributed by atoms with E-state index in [2.05, 4.69) is 40.0 Å². The number of aryl methyl sites for hydroxylation is 1. The Balaban J connectivity index is 0.00000225. The molecule has 0 spiro atoms. The van der Waals surface area contributed by atoms with E-state index in [1.165, 1.54) is 12.0 Å². The van der Waals surface area contributed by atoms with E-state index in [0.717, 1.165) is 57.6 Å². The molecule has 1 aromatic heterocycles. The summed E-state index contributed by atoms with van der Waals surface area (Å²) in [7, 11) is 0. The van der Waals surface area contributed by atoms with Crippen LogP contribution in [0, 0.1) is 6.92 Å². The number of ether oxygens (including phenoxy) is 1. The lowest BCUT2D eigenvalue weighted by Gasteiger charge is -2.32. The largest absolute Gasteiger partial charge is 0.379 e. The van der Waals surface area contributed by atoms with Crippen LogP contribution in [0.15, 0.2) is 23.3 Å². The number of morpholine rings is 1. The van der Waals surface area contributed by atoms with Crippen LogP contribution in [0.3, 0.4) is 0 Å². The Labute approximate surface area is 168 Å². The van der Waals surface area contributed by atoms with Crippen LogP contribution in [0.25, 0.3) is 0 Å². The second kappa shape index (κ2) is 10.3. The molecule has 7 heteroatoms. The monoisotopic (exact) mass is 459 g/mol. The van der Waals surface area contributed by atoms with Crippen molar-refractivity contribution in [3.05, 3.63) is 29.6 Å². The van der Waals surface area contributed by atoms with Crippen LogP contribution >= 0.6 is 24.0 Å². The fourth-order valence-corrected chi connectivity index (χ4v) is 3.43. The summed E-state index contributed by atoms with van der Waals surface area (Å²) < 4.78 is 5.47. The van der Waals surface area contributed by atoms with Gasteiger partial charge in [-0.3, -0.25) is 9.88 Å². The maximum atomic E-state index is 5.47. The number of pyridine rings is 1. The van der Waals surface area contributed by atoms with Crippen molar-refractivity contribution in [2.24, 2.45) is 4.99 Å². The van der Waals surface area contributed by atoms with Gasteiger partial charge in [-0.25, -0.2) is 4.99 Å². The SMILES string of the molecule is CCNC(=NCc1ncccc1C)N1CCC(N2CCOCC2)C1.I. The molecule has 0 aliphatic carbocycles. The first-order valence-electron chi connectivity index (χ1n) is 9.03. The fraction of sp³-hybridized carbons (Fsp3) is 0.667. The zero-order valence-electron chi connectivity index (χ0n) is 15.3. The molecule has 140 valence electrons. The Hall–Kier alpha value is -0.930. The molecule has 2 fully saturated rings. The minimum atomic E-state index is 0. The Kier molecular flexibility index (Phi) is 8.38. The normalized spacial score (nSPS) is 21.9. The number of likely N-dealkylation sites (tertiary alicyclic amines) is 1. The highest BCUT2D eigenvalue weighted by atomic mass is 127. The van der Waals surface area contributed by atoms with Crippen molar-refractivity contribution in [2.75, 3.05) is 45.9 Å². The van der Waals surface area contributed by atoms with E-state index in [4.69, 9.17) is 9.73 Å². The molecule has 1 atom stereocenters. The van der Waals surface area contributed by atoms with Crippen molar-refractivity contribution < 1.29 is 4.74 Å². The highest BCUT2D eigenvalue weighted by Crippen LogP contribution is 2.17. The fourth-order valence-electron chi connectivity index (χ4n) is 3.43. The molecule has 6 nitrogen and oxygen atoms in total. The number of guanidine groups is 1. The minimum absolute atomic E-state index is 0. The van der Waals surface area contributed by atoms with Crippen LogP contribution in [-0.2, 0) is 11.3 Å². The molecule has 25 heavy (non-hydrogen) atoms. The van der Waals surface area contributed by atoms with Crippen LogP contribution in [0.1, 0.15) is 24.6 Å². The third-order valence-electron chi connectivity index (χ3n) is 4.86. The van der Waals surface area contributed by atoms with Crippen molar-refractivity contribution in [3.63, 3.8) is 0 Å². The average Bonchev–Trinajstić information content (AvgIpc) is 3.10. The van der Waals surface area contributed by atoms with Crippen LogP contribution in [0.5, 0.6) is 0 Å². The molecule has 0 radical (unpaired) electrons. The molecule has 1 aromatic rings. The van der Waals surface area contributed by atoms with Gasteiger partial charge in [0.15, 0.2) is 5.96 Å². The topological polar surface area (TPSA) is 53.0 Å². The first-order chi connectivity index (χ1) is 11.8. The lowest BCUT2D eigenvalue weighted by molar-refractivity contribution is 0.0195. The molecule has 0 amide bonds. The Morgan fingerprint density at radius 2 is 2.16 bits per heavy atom. The van der Waals surface area contributed by atoms with Gasteiger partial charge in [-0.1, -0.05) is 6.07 Å². The minimum Gasteiger partial charge on any atom is -0.379 e. The maximum absolute atomic E-state index is 5.47. The standard InChI is InChI=1S/C18H29N5O.HI/c1-3-19-18(21-13-17-15(2)5-4-7-20-17)23-8-6-16(14-23)22-9-11-24-12-10-22;/h4-5,7,16H,3,6,8-14H2,1-2H3,(H,19,21);1H. The van der Waals surface area contributed by atoms with Crippen molar-refractivity contribution in [2.45, 2.75) is 32.9 Å². The van der Waals surface area contributed by atoms with Gasteiger partial charge in [0.05, 0.1) is 25.5 Å². The number of halogens is 1. The van der Waals surface area contributed by atoms with Crippen molar-refractivity contribution in [3.8, 4) is 0 Å². The molecule has 2 saturated heterocycles. The summed E-state index contributed by atoms with van der Waals surface area (Å²) in [5.74, 6) is 1.01. The highest BCUT2D eigenvalue weighted by molar-refractivity contribution is 14.0. The smallest absolute Gasteiger partial charge is 0.194 e. The molecule has 2 aliphatic heterocycles. The van der Waals surface area contributed by atoms with E-state index in [0.29, 0.717) is 12.6 Å². The first-order valence-corrected chi connectivity index (χ1v) is 9.03. The summed E-state index contributed by atoms with van der Waals surface area (Å²) in [4.78, 5) is 14.2. The van der Waals surface area contributed by atoms with E-state index < -0.39 is 0 Å². The summed E-state index contributed by atoms with van der Waals surface area (Å²) in [5, 5.41) is 3.44. The first kappa shape index (κ1) is 20.4. The highest BCUT2D eigenvalue weighted by Gasteiger charge is 2.30. The summed E-state index contributed by atoms with van der Waals surface area (Å²) >= 11 is 0. The quantitative estimate of drug-likeness (QED) is 0.424. The number of hydrogen-bond acceptors (Lipinski definition) is 4. The van der Waals surface area contributed by atoms with Crippen LogP contribution in [0.2, 0.25) is 0 Å². The molecule has 0 saturated carbocycles. The molecule has 2 aliphatic rings. The molecule has 0 bridgehead atoms. The van der Waals surface area contributed by atoms with E-state index in [9.17, 15) is 0 Å². The summed E-state index contributed by atoms with van der Waals surface area (Å²) in [6, 6.07) is 4.69. The number of aromatic nitrogens is 1. The molecular weight excluding hydrogens is 429 g/mol.